The van der Waals surface area contributed by atoms with Gasteiger partial charge in [0.15, 0.2) is 5.76 Å². The van der Waals surface area contributed by atoms with Gasteiger partial charge in [-0.1, -0.05) is 19.0 Å². The summed E-state index contributed by atoms with van der Waals surface area (Å²) >= 11 is 0. The third-order valence-electron chi connectivity index (χ3n) is 2.80. The molecule has 1 heterocycles. The van der Waals surface area contributed by atoms with Gasteiger partial charge in [0.05, 0.1) is 18.8 Å². The fourth-order valence-electron chi connectivity index (χ4n) is 1.71. The third-order valence-corrected chi connectivity index (χ3v) is 2.80. The number of aliphatic hydroxyl groups is 1. The Hall–Kier alpha value is -1.56. The zero-order valence-corrected chi connectivity index (χ0v) is 10.9. The number of aromatic nitrogens is 1. The number of rotatable bonds is 7. The topological polar surface area (TPSA) is 87.4 Å². The molecule has 6 heteroatoms. The highest BCUT2D eigenvalue weighted by molar-refractivity contribution is 5.73. The van der Waals surface area contributed by atoms with Gasteiger partial charge >= 0.3 is 6.03 Å². The van der Waals surface area contributed by atoms with Crippen molar-refractivity contribution < 1.29 is 14.4 Å². The Bertz CT molecular complexity index is 361. The van der Waals surface area contributed by atoms with Crippen molar-refractivity contribution in [3.8, 4) is 0 Å². The van der Waals surface area contributed by atoms with Crippen LogP contribution in [-0.2, 0) is 6.54 Å². The van der Waals surface area contributed by atoms with Crippen molar-refractivity contribution >= 4 is 6.03 Å². The Labute approximate surface area is 107 Å². The second-order valence-electron chi connectivity index (χ2n) is 4.06. The van der Waals surface area contributed by atoms with Crippen molar-refractivity contribution in [2.24, 2.45) is 0 Å². The molecule has 0 atom stereocenters. The summed E-state index contributed by atoms with van der Waals surface area (Å²) in [6.07, 6.45) is 2.04. The van der Waals surface area contributed by atoms with Crippen LogP contribution >= 0.6 is 0 Å². The van der Waals surface area contributed by atoms with Gasteiger partial charge in [-0.05, 0) is 12.8 Å². The van der Waals surface area contributed by atoms with Gasteiger partial charge in [-0.25, -0.2) is 4.79 Å². The molecule has 18 heavy (non-hydrogen) atoms. The molecule has 1 aromatic heterocycles. The van der Waals surface area contributed by atoms with Crippen LogP contribution in [0.3, 0.4) is 0 Å². The largest absolute Gasteiger partial charge is 0.395 e. The molecule has 102 valence electrons. The number of carbonyl (C=O) groups is 1. The first-order chi connectivity index (χ1) is 8.71. The molecule has 0 aliphatic heterocycles. The van der Waals surface area contributed by atoms with E-state index in [1.165, 1.54) is 0 Å². The van der Waals surface area contributed by atoms with Crippen LogP contribution < -0.4 is 10.6 Å². The van der Waals surface area contributed by atoms with E-state index in [4.69, 9.17) is 9.63 Å². The smallest absolute Gasteiger partial charge is 0.315 e. The molecular weight excluding hydrogens is 234 g/mol. The number of aliphatic hydroxyl groups excluding tert-OH is 1. The number of amides is 2. The number of hydrogen-bond donors (Lipinski definition) is 3. The summed E-state index contributed by atoms with van der Waals surface area (Å²) in [4.78, 5) is 11.2. The van der Waals surface area contributed by atoms with Gasteiger partial charge in [-0.2, -0.15) is 0 Å². The molecule has 0 aliphatic rings. The second kappa shape index (κ2) is 7.71. The first kappa shape index (κ1) is 14.5. The van der Waals surface area contributed by atoms with E-state index in [2.05, 4.69) is 29.6 Å². The fraction of sp³-hybridized carbons (Fsp3) is 0.667. The minimum Gasteiger partial charge on any atom is -0.395 e. The first-order valence-electron chi connectivity index (χ1n) is 6.29. The number of nitrogens with zero attached hydrogens (tertiary/aromatic N) is 1. The van der Waals surface area contributed by atoms with Crippen LogP contribution in [0.5, 0.6) is 0 Å². The third kappa shape index (κ3) is 4.37. The van der Waals surface area contributed by atoms with E-state index in [1.54, 1.807) is 0 Å². The molecule has 0 saturated carbocycles. The lowest BCUT2D eigenvalue weighted by Gasteiger charge is -2.06. The number of carbonyl (C=O) groups excluding carboxylic acids is 1. The molecule has 0 unspecified atom stereocenters. The number of hydrogen-bond acceptors (Lipinski definition) is 4. The van der Waals surface area contributed by atoms with Crippen molar-refractivity contribution in [3.05, 3.63) is 17.5 Å². The molecule has 1 rings (SSSR count). The Kier molecular flexibility index (Phi) is 6.21. The minimum absolute atomic E-state index is 0.0748. The van der Waals surface area contributed by atoms with E-state index < -0.39 is 0 Å². The Morgan fingerprint density at radius 2 is 2.17 bits per heavy atom. The summed E-state index contributed by atoms with van der Waals surface area (Å²) in [5.74, 6) is 1.04. The zero-order valence-electron chi connectivity index (χ0n) is 10.9. The maximum atomic E-state index is 11.2. The van der Waals surface area contributed by atoms with Gasteiger partial charge in [0.25, 0.3) is 0 Å². The van der Waals surface area contributed by atoms with E-state index >= 15 is 0 Å². The fourth-order valence-corrected chi connectivity index (χ4v) is 1.71. The van der Waals surface area contributed by atoms with Gasteiger partial charge in [0.1, 0.15) is 0 Å². The maximum absolute atomic E-state index is 11.2. The molecule has 0 aromatic carbocycles. The number of nitrogens with one attached hydrogen (secondary N) is 2. The van der Waals surface area contributed by atoms with Crippen LogP contribution in [0.15, 0.2) is 10.6 Å². The lowest BCUT2D eigenvalue weighted by Crippen LogP contribution is -2.36. The molecule has 0 bridgehead atoms. The van der Waals surface area contributed by atoms with Gasteiger partial charge in [-0.3, -0.25) is 0 Å². The van der Waals surface area contributed by atoms with Crippen molar-refractivity contribution in [1.82, 2.24) is 15.8 Å². The summed E-state index contributed by atoms with van der Waals surface area (Å²) in [5.41, 5.74) is 0.938. The van der Waals surface area contributed by atoms with Crippen LogP contribution in [0.1, 0.15) is 44.1 Å². The van der Waals surface area contributed by atoms with Crippen molar-refractivity contribution in [2.75, 3.05) is 13.2 Å². The molecule has 0 aliphatic carbocycles. The number of urea groups is 1. The molecule has 0 saturated heterocycles. The molecule has 0 fully saturated rings. The van der Waals surface area contributed by atoms with Gasteiger partial charge < -0.3 is 20.3 Å². The molecule has 0 radical (unpaired) electrons. The summed E-state index contributed by atoms with van der Waals surface area (Å²) in [5, 5.41) is 17.7. The van der Waals surface area contributed by atoms with Gasteiger partial charge in [0, 0.05) is 18.5 Å². The predicted octanol–water partition coefficient (Wildman–Crippen LogP) is 1.37. The van der Waals surface area contributed by atoms with Crippen LogP contribution in [0.25, 0.3) is 0 Å². The van der Waals surface area contributed by atoms with Gasteiger partial charge in [0.2, 0.25) is 0 Å². The van der Waals surface area contributed by atoms with E-state index in [0.717, 1.165) is 18.5 Å². The van der Waals surface area contributed by atoms with Crippen molar-refractivity contribution in [2.45, 2.75) is 39.2 Å². The normalized spacial score (nSPS) is 10.7. The summed E-state index contributed by atoms with van der Waals surface area (Å²) in [6.45, 7) is 4.69. The molecule has 0 spiro atoms. The summed E-state index contributed by atoms with van der Waals surface area (Å²) in [7, 11) is 0. The molecule has 6 nitrogen and oxygen atoms in total. The standard InChI is InChI=1S/C12H21N3O3/c1-3-9(4-2)11-7-10(18-15-11)8-14-12(17)13-5-6-16/h7,9,16H,3-6,8H2,1-2H3,(H2,13,14,17). The summed E-state index contributed by atoms with van der Waals surface area (Å²) < 4.78 is 5.16. The zero-order chi connectivity index (χ0) is 13.4. The predicted molar refractivity (Wildman–Crippen MR) is 67.2 cm³/mol. The van der Waals surface area contributed by atoms with E-state index in [9.17, 15) is 4.79 Å². The van der Waals surface area contributed by atoms with Crippen molar-refractivity contribution in [3.63, 3.8) is 0 Å². The molecule has 2 amide bonds. The maximum Gasteiger partial charge on any atom is 0.315 e. The lowest BCUT2D eigenvalue weighted by atomic mass is 9.99. The monoisotopic (exact) mass is 255 g/mol. The van der Waals surface area contributed by atoms with Crippen LogP contribution in [-0.4, -0.2) is 29.4 Å². The Morgan fingerprint density at radius 1 is 1.44 bits per heavy atom. The van der Waals surface area contributed by atoms with Gasteiger partial charge in [-0.15, -0.1) is 0 Å². The lowest BCUT2D eigenvalue weighted by molar-refractivity contribution is 0.232. The van der Waals surface area contributed by atoms with E-state index in [0.29, 0.717) is 18.2 Å². The first-order valence-corrected chi connectivity index (χ1v) is 6.29. The quantitative estimate of drug-likeness (QED) is 0.686. The molecule has 3 N–H and O–H groups in total. The Morgan fingerprint density at radius 3 is 2.78 bits per heavy atom. The average Bonchev–Trinajstić information content (AvgIpc) is 2.84. The SMILES string of the molecule is CCC(CC)c1cc(CNC(=O)NCCO)on1. The molecule has 1 aromatic rings. The minimum atomic E-state index is -0.329. The average molecular weight is 255 g/mol. The Balaban J connectivity index is 2.41. The van der Waals surface area contributed by atoms with E-state index in [1.807, 2.05) is 6.07 Å². The van der Waals surface area contributed by atoms with Crippen molar-refractivity contribution in [1.29, 1.82) is 0 Å². The van der Waals surface area contributed by atoms with Crippen LogP contribution in [0, 0.1) is 0 Å². The van der Waals surface area contributed by atoms with Crippen LogP contribution in [0.4, 0.5) is 4.79 Å². The highest BCUT2D eigenvalue weighted by Crippen LogP contribution is 2.22. The van der Waals surface area contributed by atoms with E-state index in [-0.39, 0.29) is 19.2 Å². The second-order valence-corrected chi connectivity index (χ2v) is 4.06. The van der Waals surface area contributed by atoms with Crippen LogP contribution in [0.2, 0.25) is 0 Å². The molecular formula is C12H21N3O3. The highest BCUT2D eigenvalue weighted by Gasteiger charge is 2.13. The highest BCUT2D eigenvalue weighted by atomic mass is 16.5. The summed E-state index contributed by atoms with van der Waals surface area (Å²) in [6, 6.07) is 1.55.